The van der Waals surface area contributed by atoms with Crippen molar-refractivity contribution in [1.82, 2.24) is 4.90 Å². The lowest BCUT2D eigenvalue weighted by molar-refractivity contribution is -0.125. The second-order valence-electron chi connectivity index (χ2n) is 6.51. The molecular weight excluding hydrogens is 286 g/mol. The second-order valence-corrected chi connectivity index (χ2v) is 6.51. The first-order valence-electron chi connectivity index (χ1n) is 8.22. The summed E-state index contributed by atoms with van der Waals surface area (Å²) >= 11 is 0. The number of hydrogen-bond donors (Lipinski definition) is 0. The molecule has 0 unspecified atom stereocenters. The highest BCUT2D eigenvalue weighted by atomic mass is 16.3. The van der Waals surface area contributed by atoms with Gasteiger partial charge in [-0.25, -0.2) is 0 Å². The minimum absolute atomic E-state index is 0.240. The van der Waals surface area contributed by atoms with E-state index in [1.807, 2.05) is 30.3 Å². The predicted octanol–water partition coefficient (Wildman–Crippen LogP) is 4.22. The van der Waals surface area contributed by atoms with E-state index in [0.29, 0.717) is 5.78 Å². The number of benzene rings is 2. The summed E-state index contributed by atoms with van der Waals surface area (Å²) in [6, 6.07) is 14.2. The molecule has 3 fully saturated rings. The van der Waals surface area contributed by atoms with E-state index >= 15 is 0 Å². The van der Waals surface area contributed by atoms with Crippen LogP contribution in [0, 0.1) is 5.92 Å². The van der Waals surface area contributed by atoms with Crippen LogP contribution < -0.4 is 0 Å². The minimum atomic E-state index is 0.240. The topological polar surface area (TPSA) is 33.5 Å². The average molecular weight is 303 g/mol. The summed E-state index contributed by atoms with van der Waals surface area (Å²) in [6.07, 6.45) is 4.08. The number of fused-ring (bicyclic) bond motifs is 6. The number of carbonyl (C=O) groups excluding carboxylic acids is 1. The first kappa shape index (κ1) is 12.9. The molecule has 0 atom stereocenters. The van der Waals surface area contributed by atoms with Crippen molar-refractivity contribution in [3.63, 3.8) is 0 Å². The number of nitrogens with zero attached hydrogens (tertiary/aromatic N) is 1. The van der Waals surface area contributed by atoms with Gasteiger partial charge in [0.1, 0.15) is 11.2 Å². The number of furan rings is 1. The molecule has 0 radical (unpaired) electrons. The zero-order chi connectivity index (χ0) is 15.4. The third-order valence-corrected chi connectivity index (χ3v) is 5.16. The molecule has 114 valence electrons. The zero-order valence-corrected chi connectivity index (χ0v) is 12.8. The molecule has 4 heterocycles. The number of piperidine rings is 3. The Morgan fingerprint density at radius 3 is 2.61 bits per heavy atom. The molecule has 3 nitrogen and oxygen atoms in total. The zero-order valence-electron chi connectivity index (χ0n) is 12.8. The summed E-state index contributed by atoms with van der Waals surface area (Å²) in [5.74, 6) is 0.560. The van der Waals surface area contributed by atoms with Gasteiger partial charge in [-0.1, -0.05) is 24.3 Å². The summed E-state index contributed by atoms with van der Waals surface area (Å²) in [5, 5.41) is 2.23. The van der Waals surface area contributed by atoms with Crippen LogP contribution in [0.5, 0.6) is 0 Å². The number of para-hydroxylation sites is 1. The molecule has 0 aliphatic carbocycles. The van der Waals surface area contributed by atoms with Gasteiger partial charge >= 0.3 is 0 Å². The van der Waals surface area contributed by atoms with E-state index in [0.717, 1.165) is 59.1 Å². The van der Waals surface area contributed by atoms with Gasteiger partial charge in [0.2, 0.25) is 0 Å². The normalized spacial score (nSPS) is 20.3. The standard InChI is InChI=1S/C20H17NO2/c22-20-14-7-9-21(10-8-14)17(20)12-13-5-6-19-16(11-13)15-3-1-2-4-18(15)23-19/h1-6,11-12,14H,7-10H2/b17-12-. The number of allylic oxidation sites excluding steroid dienone is 1. The third-order valence-electron chi connectivity index (χ3n) is 5.16. The Bertz CT molecular complexity index is 958. The van der Waals surface area contributed by atoms with Crippen LogP contribution in [0.1, 0.15) is 18.4 Å². The van der Waals surface area contributed by atoms with Gasteiger partial charge in [-0.15, -0.1) is 0 Å². The predicted molar refractivity (Wildman–Crippen MR) is 91.0 cm³/mol. The fourth-order valence-electron chi connectivity index (χ4n) is 3.90. The molecule has 3 aliphatic heterocycles. The van der Waals surface area contributed by atoms with Gasteiger partial charge in [0, 0.05) is 29.8 Å². The van der Waals surface area contributed by atoms with Crippen LogP contribution in [0.3, 0.4) is 0 Å². The Morgan fingerprint density at radius 1 is 1.00 bits per heavy atom. The molecule has 3 saturated heterocycles. The first-order chi connectivity index (χ1) is 11.3. The van der Waals surface area contributed by atoms with Crippen molar-refractivity contribution in [2.75, 3.05) is 13.1 Å². The SMILES string of the molecule is O=C1/C(=C/c2ccc3oc4ccccc4c3c2)N2CCC1CC2. The Hall–Kier alpha value is -2.55. The largest absolute Gasteiger partial charge is 0.456 e. The molecule has 1 aromatic heterocycles. The van der Waals surface area contributed by atoms with Crippen LogP contribution >= 0.6 is 0 Å². The van der Waals surface area contributed by atoms with Crippen molar-refractivity contribution in [2.24, 2.45) is 5.92 Å². The van der Waals surface area contributed by atoms with Gasteiger partial charge in [-0.2, -0.15) is 0 Å². The second kappa shape index (κ2) is 4.72. The maximum absolute atomic E-state index is 12.5. The van der Waals surface area contributed by atoms with E-state index in [2.05, 4.69) is 23.1 Å². The molecule has 0 spiro atoms. The van der Waals surface area contributed by atoms with E-state index < -0.39 is 0 Å². The molecule has 0 N–H and O–H groups in total. The van der Waals surface area contributed by atoms with Crippen LogP contribution in [-0.2, 0) is 4.79 Å². The number of ketones is 1. The lowest BCUT2D eigenvalue weighted by Crippen LogP contribution is -2.45. The van der Waals surface area contributed by atoms with Gasteiger partial charge < -0.3 is 9.32 Å². The minimum Gasteiger partial charge on any atom is -0.456 e. The summed E-state index contributed by atoms with van der Waals surface area (Å²) in [5.41, 5.74) is 3.76. The van der Waals surface area contributed by atoms with Crippen molar-refractivity contribution in [2.45, 2.75) is 12.8 Å². The molecule has 0 amide bonds. The monoisotopic (exact) mass is 303 g/mol. The third kappa shape index (κ3) is 1.93. The summed E-state index contributed by atoms with van der Waals surface area (Å²) < 4.78 is 5.87. The molecular formula is C20H17NO2. The lowest BCUT2D eigenvalue weighted by Gasteiger charge is -2.41. The van der Waals surface area contributed by atoms with Crippen molar-refractivity contribution in [1.29, 1.82) is 0 Å². The maximum atomic E-state index is 12.5. The fourth-order valence-corrected chi connectivity index (χ4v) is 3.90. The highest BCUT2D eigenvalue weighted by Gasteiger charge is 2.36. The molecule has 3 heteroatoms. The van der Waals surface area contributed by atoms with E-state index in [1.165, 1.54) is 0 Å². The van der Waals surface area contributed by atoms with Gasteiger partial charge in [-0.3, -0.25) is 4.79 Å². The Morgan fingerprint density at radius 2 is 1.78 bits per heavy atom. The van der Waals surface area contributed by atoms with Gasteiger partial charge in [0.15, 0.2) is 5.78 Å². The summed E-state index contributed by atoms with van der Waals surface area (Å²) in [4.78, 5) is 14.7. The Labute approximate surface area is 134 Å². The van der Waals surface area contributed by atoms with Gasteiger partial charge in [0.05, 0.1) is 5.70 Å². The fraction of sp³-hybridized carbons (Fsp3) is 0.250. The van der Waals surface area contributed by atoms with Crippen molar-refractivity contribution < 1.29 is 9.21 Å². The molecule has 3 aromatic rings. The van der Waals surface area contributed by atoms with Crippen LogP contribution in [0.4, 0.5) is 0 Å². The molecule has 23 heavy (non-hydrogen) atoms. The van der Waals surface area contributed by atoms with Crippen molar-refractivity contribution in [3.05, 3.63) is 53.7 Å². The molecule has 0 saturated carbocycles. The molecule has 3 aliphatic rings. The average Bonchev–Trinajstić information content (AvgIpc) is 2.96. The quantitative estimate of drug-likeness (QED) is 0.631. The van der Waals surface area contributed by atoms with E-state index in [9.17, 15) is 4.79 Å². The number of carbonyl (C=O) groups is 1. The molecule has 2 bridgehead atoms. The van der Waals surface area contributed by atoms with Crippen molar-refractivity contribution in [3.8, 4) is 0 Å². The van der Waals surface area contributed by atoms with Gasteiger partial charge in [0.25, 0.3) is 0 Å². The Kier molecular flexibility index (Phi) is 2.66. The van der Waals surface area contributed by atoms with Crippen LogP contribution in [-0.4, -0.2) is 23.8 Å². The number of hydrogen-bond acceptors (Lipinski definition) is 3. The van der Waals surface area contributed by atoms with E-state index in [1.54, 1.807) is 0 Å². The highest BCUT2D eigenvalue weighted by Crippen LogP contribution is 2.34. The molecule has 6 rings (SSSR count). The number of Topliss-reactive ketones (excluding diaryl/α,β-unsaturated/α-hetero) is 1. The van der Waals surface area contributed by atoms with Crippen molar-refractivity contribution >= 4 is 33.8 Å². The highest BCUT2D eigenvalue weighted by molar-refractivity contribution is 6.06. The van der Waals surface area contributed by atoms with Crippen LogP contribution in [0.25, 0.3) is 28.0 Å². The lowest BCUT2D eigenvalue weighted by atomic mass is 9.84. The van der Waals surface area contributed by atoms with E-state index in [4.69, 9.17) is 4.42 Å². The van der Waals surface area contributed by atoms with Gasteiger partial charge in [-0.05, 0) is 42.7 Å². The summed E-state index contributed by atoms with van der Waals surface area (Å²) in [6.45, 7) is 2.03. The van der Waals surface area contributed by atoms with Crippen LogP contribution in [0.15, 0.2) is 52.6 Å². The first-order valence-corrected chi connectivity index (χ1v) is 8.22. The summed E-state index contributed by atoms with van der Waals surface area (Å²) in [7, 11) is 0. The van der Waals surface area contributed by atoms with E-state index in [-0.39, 0.29) is 5.92 Å². The number of rotatable bonds is 1. The molecule has 2 aromatic carbocycles. The Balaban J connectivity index is 1.64. The van der Waals surface area contributed by atoms with Crippen LogP contribution in [0.2, 0.25) is 0 Å². The smallest absolute Gasteiger partial charge is 0.182 e. The maximum Gasteiger partial charge on any atom is 0.182 e.